The van der Waals surface area contributed by atoms with Gasteiger partial charge in [0.25, 0.3) is 0 Å². The van der Waals surface area contributed by atoms with Crippen molar-refractivity contribution in [3.8, 4) is 0 Å². The molecule has 2 amide bonds. The zero-order valence-electron chi connectivity index (χ0n) is 11.1. The van der Waals surface area contributed by atoms with E-state index in [0.29, 0.717) is 29.5 Å². The molecule has 0 unspecified atom stereocenters. The van der Waals surface area contributed by atoms with Crippen LogP contribution in [-0.2, 0) is 4.79 Å². The van der Waals surface area contributed by atoms with Crippen LogP contribution >= 0.6 is 11.8 Å². The number of rotatable bonds is 6. The van der Waals surface area contributed by atoms with Gasteiger partial charge in [-0.15, -0.1) is 0 Å². The first-order chi connectivity index (χ1) is 8.58. The van der Waals surface area contributed by atoms with Crippen molar-refractivity contribution in [3.63, 3.8) is 0 Å². The van der Waals surface area contributed by atoms with E-state index in [0.717, 1.165) is 25.0 Å². The van der Waals surface area contributed by atoms with Crippen molar-refractivity contribution in [1.82, 2.24) is 10.6 Å². The maximum absolute atomic E-state index is 11.5. The second-order valence-corrected chi connectivity index (χ2v) is 6.76. The maximum Gasteiger partial charge on any atom is 0.315 e. The standard InChI is InChI=1S/C13H22N2O2S/c1-8(2)10(16)5-3-4-6-11-12-9(7-18-11)14-13(17)15-12/h8-9,11-12H,3-7H2,1-2H3,(H2,14,15,17)/t9-,11-,12-/m1/s1. The van der Waals surface area contributed by atoms with Gasteiger partial charge in [0.2, 0.25) is 0 Å². The lowest BCUT2D eigenvalue weighted by atomic mass is 10.00. The van der Waals surface area contributed by atoms with Gasteiger partial charge in [0.1, 0.15) is 5.78 Å². The number of fused-ring (bicyclic) bond motifs is 1. The summed E-state index contributed by atoms with van der Waals surface area (Å²) in [6.07, 6.45) is 3.86. The van der Waals surface area contributed by atoms with E-state index in [4.69, 9.17) is 0 Å². The van der Waals surface area contributed by atoms with Crippen LogP contribution < -0.4 is 10.6 Å². The van der Waals surface area contributed by atoms with E-state index < -0.39 is 0 Å². The maximum atomic E-state index is 11.5. The van der Waals surface area contributed by atoms with E-state index in [1.54, 1.807) is 0 Å². The van der Waals surface area contributed by atoms with Crippen molar-refractivity contribution in [2.45, 2.75) is 56.9 Å². The SMILES string of the molecule is CC(C)C(=O)CCCC[C@H]1SC[C@H]2NC(=O)N[C@H]21. The molecule has 0 spiro atoms. The lowest BCUT2D eigenvalue weighted by Crippen LogP contribution is -2.36. The van der Waals surface area contributed by atoms with Crippen LogP contribution in [-0.4, -0.2) is 34.9 Å². The van der Waals surface area contributed by atoms with Gasteiger partial charge >= 0.3 is 6.03 Å². The summed E-state index contributed by atoms with van der Waals surface area (Å²) < 4.78 is 0. The first kappa shape index (κ1) is 13.7. The lowest BCUT2D eigenvalue weighted by molar-refractivity contribution is -0.122. The minimum atomic E-state index is -0.0229. The summed E-state index contributed by atoms with van der Waals surface area (Å²) in [5, 5.41) is 6.46. The molecule has 5 heteroatoms. The van der Waals surface area contributed by atoms with E-state index in [9.17, 15) is 9.59 Å². The molecule has 18 heavy (non-hydrogen) atoms. The quantitative estimate of drug-likeness (QED) is 0.573. The van der Waals surface area contributed by atoms with Crippen molar-refractivity contribution < 1.29 is 9.59 Å². The molecule has 3 atom stereocenters. The summed E-state index contributed by atoms with van der Waals surface area (Å²) in [5.41, 5.74) is 0. The molecule has 2 N–H and O–H groups in total. The average Bonchev–Trinajstić information content (AvgIpc) is 2.84. The summed E-state index contributed by atoms with van der Waals surface area (Å²) in [6, 6.07) is 0.582. The number of thioether (sulfide) groups is 1. The Balaban J connectivity index is 1.66. The monoisotopic (exact) mass is 270 g/mol. The molecule has 2 aliphatic rings. The first-order valence-corrected chi connectivity index (χ1v) is 7.84. The predicted molar refractivity (Wildman–Crippen MR) is 73.8 cm³/mol. The molecule has 102 valence electrons. The normalized spacial score (nSPS) is 30.2. The van der Waals surface area contributed by atoms with Gasteiger partial charge in [0, 0.05) is 23.3 Å². The number of carbonyl (C=O) groups excluding carboxylic acids is 2. The molecule has 0 bridgehead atoms. The van der Waals surface area contributed by atoms with Crippen LogP contribution in [0.1, 0.15) is 39.5 Å². The third-order valence-corrected chi connectivity index (χ3v) is 5.25. The molecule has 0 aromatic rings. The fourth-order valence-corrected chi connectivity index (χ4v) is 4.12. The minimum absolute atomic E-state index is 0.0229. The molecule has 2 heterocycles. The lowest BCUT2D eigenvalue weighted by Gasteiger charge is -2.16. The van der Waals surface area contributed by atoms with Crippen molar-refractivity contribution in [1.29, 1.82) is 0 Å². The van der Waals surface area contributed by atoms with Crippen LogP contribution in [0.2, 0.25) is 0 Å². The molecule has 0 aliphatic carbocycles. The third-order valence-electron chi connectivity index (χ3n) is 3.74. The largest absolute Gasteiger partial charge is 0.332 e. The smallest absolute Gasteiger partial charge is 0.315 e. The Kier molecular flexibility index (Phi) is 4.54. The Morgan fingerprint density at radius 2 is 2.17 bits per heavy atom. The summed E-state index contributed by atoms with van der Waals surface area (Å²) in [5.74, 6) is 1.54. The first-order valence-electron chi connectivity index (χ1n) is 6.79. The molecule has 0 aromatic heterocycles. The molecule has 2 fully saturated rings. The summed E-state index contributed by atoms with van der Waals surface area (Å²) in [7, 11) is 0. The number of ketones is 1. The van der Waals surface area contributed by atoms with Gasteiger partial charge in [-0.25, -0.2) is 4.79 Å². The summed E-state index contributed by atoms with van der Waals surface area (Å²) in [4.78, 5) is 22.7. The highest BCUT2D eigenvalue weighted by Crippen LogP contribution is 2.33. The van der Waals surface area contributed by atoms with Crippen LogP contribution in [0.4, 0.5) is 4.79 Å². The van der Waals surface area contributed by atoms with E-state index in [-0.39, 0.29) is 11.9 Å². The van der Waals surface area contributed by atoms with Crippen LogP contribution in [0.25, 0.3) is 0 Å². The Bertz CT molecular complexity index is 333. The number of carbonyl (C=O) groups is 2. The fraction of sp³-hybridized carbons (Fsp3) is 0.846. The number of Topliss-reactive ketones (excluding diaryl/α,β-unsaturated/α-hetero) is 1. The zero-order chi connectivity index (χ0) is 13.1. The van der Waals surface area contributed by atoms with E-state index in [1.165, 1.54) is 0 Å². The van der Waals surface area contributed by atoms with E-state index in [1.807, 2.05) is 25.6 Å². The number of nitrogens with one attached hydrogen (secondary N) is 2. The highest BCUT2D eigenvalue weighted by molar-refractivity contribution is 8.00. The predicted octanol–water partition coefficient (Wildman–Crippen LogP) is 1.94. The van der Waals surface area contributed by atoms with E-state index >= 15 is 0 Å². The second kappa shape index (κ2) is 5.95. The molecule has 0 radical (unpaired) electrons. The third kappa shape index (κ3) is 3.19. The molecular formula is C13H22N2O2S. The summed E-state index contributed by atoms with van der Waals surface area (Å²) in [6.45, 7) is 3.92. The zero-order valence-corrected chi connectivity index (χ0v) is 11.9. The fourth-order valence-electron chi connectivity index (χ4n) is 2.58. The van der Waals surface area contributed by atoms with Crippen LogP contribution in [0.15, 0.2) is 0 Å². The average molecular weight is 270 g/mol. The van der Waals surface area contributed by atoms with E-state index in [2.05, 4.69) is 10.6 Å². The summed E-state index contributed by atoms with van der Waals surface area (Å²) >= 11 is 1.94. The van der Waals surface area contributed by atoms with Crippen molar-refractivity contribution in [3.05, 3.63) is 0 Å². The Morgan fingerprint density at radius 3 is 2.89 bits per heavy atom. The van der Waals surface area contributed by atoms with Gasteiger partial charge < -0.3 is 10.6 Å². The number of hydrogen-bond acceptors (Lipinski definition) is 3. The number of unbranched alkanes of at least 4 members (excludes halogenated alkanes) is 1. The topological polar surface area (TPSA) is 58.2 Å². The van der Waals surface area contributed by atoms with Gasteiger partial charge in [-0.2, -0.15) is 11.8 Å². The van der Waals surface area contributed by atoms with Gasteiger partial charge in [-0.05, 0) is 12.8 Å². The molecular weight excluding hydrogens is 248 g/mol. The van der Waals surface area contributed by atoms with Crippen molar-refractivity contribution in [2.24, 2.45) is 5.92 Å². The molecule has 0 saturated carbocycles. The van der Waals surface area contributed by atoms with Crippen LogP contribution in [0.3, 0.4) is 0 Å². The van der Waals surface area contributed by atoms with Crippen LogP contribution in [0.5, 0.6) is 0 Å². The molecule has 0 aromatic carbocycles. The highest BCUT2D eigenvalue weighted by Gasteiger charge is 2.42. The molecule has 2 rings (SSSR count). The number of urea groups is 1. The Hall–Kier alpha value is -0.710. The Labute approximate surface area is 113 Å². The second-order valence-electron chi connectivity index (χ2n) is 5.49. The number of hydrogen-bond donors (Lipinski definition) is 2. The molecule has 2 saturated heterocycles. The van der Waals surface area contributed by atoms with Gasteiger partial charge in [0.15, 0.2) is 0 Å². The van der Waals surface area contributed by atoms with Crippen molar-refractivity contribution in [2.75, 3.05) is 5.75 Å². The van der Waals surface area contributed by atoms with Gasteiger partial charge in [0.05, 0.1) is 12.1 Å². The highest BCUT2D eigenvalue weighted by atomic mass is 32.2. The van der Waals surface area contributed by atoms with Crippen LogP contribution in [0, 0.1) is 5.92 Å². The minimum Gasteiger partial charge on any atom is -0.332 e. The van der Waals surface area contributed by atoms with Gasteiger partial charge in [-0.3, -0.25) is 4.79 Å². The molecule has 2 aliphatic heterocycles. The Morgan fingerprint density at radius 1 is 1.39 bits per heavy atom. The van der Waals surface area contributed by atoms with Crippen molar-refractivity contribution >= 4 is 23.6 Å². The number of amides is 2. The van der Waals surface area contributed by atoms with Gasteiger partial charge in [-0.1, -0.05) is 20.3 Å². The molecule has 4 nitrogen and oxygen atoms in total.